The highest BCUT2D eigenvalue weighted by Crippen LogP contribution is 2.15. The lowest BCUT2D eigenvalue weighted by Crippen LogP contribution is -2.23. The minimum atomic E-state index is -0.294. The first kappa shape index (κ1) is 14.3. The maximum Gasteiger partial charge on any atom is 0.253 e. The van der Waals surface area contributed by atoms with Crippen LogP contribution in [0.5, 0.6) is 0 Å². The lowest BCUT2D eigenvalue weighted by atomic mass is 10.2. The summed E-state index contributed by atoms with van der Waals surface area (Å²) in [5.74, 6) is 5.19. The molecule has 0 saturated carbocycles. The number of hydrogen-bond donors (Lipinski definition) is 1. The predicted molar refractivity (Wildman–Crippen MR) is 79.8 cm³/mol. The van der Waals surface area contributed by atoms with Gasteiger partial charge >= 0.3 is 0 Å². The molecule has 0 unspecified atom stereocenters. The molecule has 0 radical (unpaired) electrons. The van der Waals surface area contributed by atoms with Crippen LogP contribution in [0.1, 0.15) is 15.9 Å². The van der Waals surface area contributed by atoms with Crippen molar-refractivity contribution in [3.05, 3.63) is 69.9 Å². The lowest BCUT2D eigenvalue weighted by molar-refractivity contribution is 0.0958. The lowest BCUT2D eigenvalue weighted by Gasteiger charge is -2.03. The van der Waals surface area contributed by atoms with Gasteiger partial charge in [0.2, 0.25) is 0 Å². The number of benzene rings is 2. The van der Waals surface area contributed by atoms with E-state index in [1.165, 1.54) is 12.1 Å². The fourth-order valence-electron chi connectivity index (χ4n) is 1.54. The van der Waals surface area contributed by atoms with E-state index in [2.05, 4.69) is 33.1 Å². The molecule has 0 aliphatic rings. The fraction of sp³-hybridized carbons (Fsp3) is 0.0625. The van der Waals surface area contributed by atoms with E-state index >= 15 is 0 Å². The molecular weight excluding hydrogens is 321 g/mol. The van der Waals surface area contributed by atoms with E-state index in [-0.39, 0.29) is 18.3 Å². The Morgan fingerprint density at radius 2 is 1.85 bits per heavy atom. The van der Waals surface area contributed by atoms with E-state index in [9.17, 15) is 9.18 Å². The van der Waals surface area contributed by atoms with Crippen molar-refractivity contribution >= 4 is 21.8 Å². The second-order valence-corrected chi connectivity index (χ2v) is 4.83. The van der Waals surface area contributed by atoms with Gasteiger partial charge in [-0.2, -0.15) is 0 Å². The number of amides is 1. The zero-order valence-corrected chi connectivity index (χ0v) is 12.1. The Hall–Kier alpha value is -2.12. The Morgan fingerprint density at radius 1 is 1.15 bits per heavy atom. The van der Waals surface area contributed by atoms with Gasteiger partial charge in [-0.1, -0.05) is 24.0 Å². The normalized spacial score (nSPS) is 9.50. The fourth-order valence-corrected chi connectivity index (χ4v) is 2.01. The third kappa shape index (κ3) is 3.94. The van der Waals surface area contributed by atoms with Crippen molar-refractivity contribution in [3.63, 3.8) is 0 Å². The first-order chi connectivity index (χ1) is 9.66. The van der Waals surface area contributed by atoms with E-state index in [1.807, 2.05) is 6.07 Å². The monoisotopic (exact) mass is 331 g/mol. The van der Waals surface area contributed by atoms with E-state index < -0.39 is 0 Å². The molecular formula is C16H11BrFNO. The van der Waals surface area contributed by atoms with Gasteiger partial charge in [-0.3, -0.25) is 4.79 Å². The molecule has 1 amide bonds. The maximum absolute atomic E-state index is 12.7. The van der Waals surface area contributed by atoms with Gasteiger partial charge in [0, 0.05) is 10.0 Å². The van der Waals surface area contributed by atoms with Gasteiger partial charge in [0.05, 0.1) is 12.1 Å². The summed E-state index contributed by atoms with van der Waals surface area (Å²) in [6.45, 7) is 0.234. The van der Waals surface area contributed by atoms with Gasteiger partial charge in [-0.25, -0.2) is 4.39 Å². The Kier molecular flexibility index (Phi) is 4.91. The van der Waals surface area contributed by atoms with E-state index in [0.29, 0.717) is 11.1 Å². The molecule has 0 saturated heterocycles. The van der Waals surface area contributed by atoms with Crippen LogP contribution in [-0.4, -0.2) is 12.5 Å². The van der Waals surface area contributed by atoms with E-state index in [4.69, 9.17) is 0 Å². The summed E-state index contributed by atoms with van der Waals surface area (Å²) in [5, 5.41) is 2.70. The zero-order chi connectivity index (χ0) is 14.4. The van der Waals surface area contributed by atoms with Gasteiger partial charge in [-0.15, -0.1) is 0 Å². The third-order valence-electron chi connectivity index (χ3n) is 2.53. The Labute approximate surface area is 125 Å². The van der Waals surface area contributed by atoms with Crippen LogP contribution in [0.4, 0.5) is 4.39 Å². The first-order valence-corrected chi connectivity index (χ1v) is 6.73. The highest BCUT2D eigenvalue weighted by molar-refractivity contribution is 9.10. The third-order valence-corrected chi connectivity index (χ3v) is 3.22. The molecule has 2 aromatic rings. The number of rotatable bonds is 2. The Balaban J connectivity index is 1.92. The molecule has 2 nitrogen and oxygen atoms in total. The van der Waals surface area contributed by atoms with Crippen LogP contribution in [0, 0.1) is 17.7 Å². The van der Waals surface area contributed by atoms with Crippen molar-refractivity contribution in [2.24, 2.45) is 0 Å². The molecule has 0 heterocycles. The van der Waals surface area contributed by atoms with Crippen LogP contribution in [0.2, 0.25) is 0 Å². The molecule has 2 rings (SSSR count). The number of halogens is 2. The van der Waals surface area contributed by atoms with Crippen LogP contribution >= 0.6 is 15.9 Å². The van der Waals surface area contributed by atoms with Gasteiger partial charge in [0.25, 0.3) is 5.91 Å². The highest BCUT2D eigenvalue weighted by atomic mass is 79.9. The van der Waals surface area contributed by atoms with Crippen molar-refractivity contribution in [3.8, 4) is 11.8 Å². The molecule has 0 bridgehead atoms. The summed E-state index contributed by atoms with van der Waals surface area (Å²) in [5.41, 5.74) is 1.28. The SMILES string of the molecule is O=C(NCC#Cc1ccc(F)cc1)c1ccccc1Br. The standard InChI is InChI=1S/C16H11BrFNO/c17-15-6-2-1-5-14(15)16(20)19-11-3-4-12-7-9-13(18)10-8-12/h1-2,5-10H,11H2,(H,19,20). The van der Waals surface area contributed by atoms with Gasteiger partial charge in [0.1, 0.15) is 5.82 Å². The summed E-state index contributed by atoms with van der Waals surface area (Å²) in [6, 6.07) is 13.1. The molecule has 100 valence electrons. The number of carbonyl (C=O) groups is 1. The molecule has 2 aromatic carbocycles. The molecule has 0 spiro atoms. The maximum atomic E-state index is 12.7. The van der Waals surface area contributed by atoms with Crippen molar-refractivity contribution in [2.75, 3.05) is 6.54 Å². The predicted octanol–water partition coefficient (Wildman–Crippen LogP) is 3.37. The van der Waals surface area contributed by atoms with Crippen LogP contribution in [0.3, 0.4) is 0 Å². The van der Waals surface area contributed by atoms with Crippen molar-refractivity contribution in [1.82, 2.24) is 5.32 Å². The Morgan fingerprint density at radius 3 is 2.55 bits per heavy atom. The summed E-state index contributed by atoms with van der Waals surface area (Å²) < 4.78 is 13.4. The zero-order valence-electron chi connectivity index (χ0n) is 10.5. The number of carbonyl (C=O) groups excluding carboxylic acids is 1. The summed E-state index contributed by atoms with van der Waals surface area (Å²) in [4.78, 5) is 11.9. The van der Waals surface area contributed by atoms with Crippen LogP contribution in [-0.2, 0) is 0 Å². The van der Waals surface area contributed by atoms with Crippen molar-refractivity contribution in [1.29, 1.82) is 0 Å². The smallest absolute Gasteiger partial charge is 0.253 e. The highest BCUT2D eigenvalue weighted by Gasteiger charge is 2.06. The molecule has 0 fully saturated rings. The van der Waals surface area contributed by atoms with E-state index in [0.717, 1.165) is 4.47 Å². The van der Waals surface area contributed by atoms with Crippen LogP contribution in [0.25, 0.3) is 0 Å². The average Bonchev–Trinajstić information content (AvgIpc) is 2.46. The van der Waals surface area contributed by atoms with Gasteiger partial charge < -0.3 is 5.32 Å². The van der Waals surface area contributed by atoms with Crippen LogP contribution < -0.4 is 5.32 Å². The summed E-state index contributed by atoms with van der Waals surface area (Å²) in [7, 11) is 0. The van der Waals surface area contributed by atoms with E-state index in [1.54, 1.807) is 30.3 Å². The molecule has 20 heavy (non-hydrogen) atoms. The molecule has 0 aromatic heterocycles. The minimum Gasteiger partial charge on any atom is -0.341 e. The average molecular weight is 332 g/mol. The topological polar surface area (TPSA) is 29.1 Å². The number of hydrogen-bond acceptors (Lipinski definition) is 1. The minimum absolute atomic E-state index is 0.189. The second-order valence-electron chi connectivity index (χ2n) is 3.97. The molecule has 0 atom stereocenters. The number of nitrogens with one attached hydrogen (secondary N) is 1. The van der Waals surface area contributed by atoms with Crippen LogP contribution in [0.15, 0.2) is 53.0 Å². The molecule has 0 aliphatic heterocycles. The summed E-state index contributed by atoms with van der Waals surface area (Å²) in [6.07, 6.45) is 0. The first-order valence-electron chi connectivity index (χ1n) is 5.94. The molecule has 1 N–H and O–H groups in total. The van der Waals surface area contributed by atoms with Crippen molar-refractivity contribution < 1.29 is 9.18 Å². The Bertz CT molecular complexity index is 671. The van der Waals surface area contributed by atoms with Crippen molar-refractivity contribution in [2.45, 2.75) is 0 Å². The van der Waals surface area contributed by atoms with Gasteiger partial charge in [0.15, 0.2) is 0 Å². The second kappa shape index (κ2) is 6.88. The summed E-state index contributed by atoms with van der Waals surface area (Å²) >= 11 is 3.32. The molecule has 4 heteroatoms. The molecule has 0 aliphatic carbocycles. The quantitative estimate of drug-likeness (QED) is 0.840. The largest absolute Gasteiger partial charge is 0.341 e. The van der Waals surface area contributed by atoms with Gasteiger partial charge in [-0.05, 0) is 52.3 Å².